The zero-order valence-corrected chi connectivity index (χ0v) is 17.9. The Morgan fingerprint density at radius 3 is 2.56 bits per heavy atom. The second kappa shape index (κ2) is 9.09. The topological polar surface area (TPSA) is 12.5 Å². The van der Waals surface area contributed by atoms with Crippen LogP contribution >= 0.6 is 28.3 Å². The van der Waals surface area contributed by atoms with Gasteiger partial charge < -0.3 is 9.64 Å². The maximum atomic E-state index is 6.25. The lowest BCUT2D eigenvalue weighted by molar-refractivity contribution is 0.129. The van der Waals surface area contributed by atoms with E-state index in [1.54, 1.807) is 0 Å². The fourth-order valence-corrected chi connectivity index (χ4v) is 4.39. The van der Waals surface area contributed by atoms with Gasteiger partial charge in [0.1, 0.15) is 5.75 Å². The Morgan fingerprint density at radius 2 is 1.74 bits per heavy atom. The molecular formula is C23H25BrClNO. The standard InChI is InChI=1S/C23H24BrNO.ClH/c1-25-12-11-23(17-5-3-2-4-6-17)20(15-25)16-26-22-10-8-18-13-21(24)9-7-19(18)14-22;/h2-10,13-14,20,23H,11-12,15-16H2,1H3;1H/t20-,23-;/m1./s1. The van der Waals surface area contributed by atoms with Gasteiger partial charge in [0, 0.05) is 16.9 Å². The molecule has 0 bridgehead atoms. The summed E-state index contributed by atoms with van der Waals surface area (Å²) in [6.45, 7) is 2.99. The average molecular weight is 447 g/mol. The van der Waals surface area contributed by atoms with Crippen molar-refractivity contribution in [2.45, 2.75) is 12.3 Å². The van der Waals surface area contributed by atoms with E-state index in [9.17, 15) is 0 Å². The number of hydrogen-bond donors (Lipinski definition) is 0. The molecule has 1 aliphatic rings. The first-order valence-electron chi connectivity index (χ1n) is 9.24. The number of nitrogens with zero attached hydrogens (tertiary/aromatic N) is 1. The minimum Gasteiger partial charge on any atom is -0.493 e. The summed E-state index contributed by atoms with van der Waals surface area (Å²) in [4.78, 5) is 2.42. The number of rotatable bonds is 4. The van der Waals surface area contributed by atoms with Crippen LogP contribution in [0.2, 0.25) is 0 Å². The van der Waals surface area contributed by atoms with Crippen molar-refractivity contribution >= 4 is 39.1 Å². The molecule has 1 aliphatic heterocycles. The highest BCUT2D eigenvalue weighted by Gasteiger charge is 2.29. The van der Waals surface area contributed by atoms with Crippen molar-refractivity contribution in [1.82, 2.24) is 4.90 Å². The van der Waals surface area contributed by atoms with Crippen LogP contribution in [0.3, 0.4) is 0 Å². The Hall–Kier alpha value is -1.55. The third-order valence-electron chi connectivity index (χ3n) is 5.40. The molecule has 2 nitrogen and oxygen atoms in total. The molecule has 0 saturated carbocycles. The van der Waals surface area contributed by atoms with E-state index in [0.717, 1.165) is 29.9 Å². The second-order valence-electron chi connectivity index (χ2n) is 7.29. The smallest absolute Gasteiger partial charge is 0.119 e. The third-order valence-corrected chi connectivity index (χ3v) is 5.90. The van der Waals surface area contributed by atoms with Crippen LogP contribution in [-0.2, 0) is 0 Å². The Morgan fingerprint density at radius 1 is 1.00 bits per heavy atom. The van der Waals surface area contributed by atoms with Gasteiger partial charge in [-0.05, 0) is 66.5 Å². The number of halogens is 2. The summed E-state index contributed by atoms with van der Waals surface area (Å²) >= 11 is 3.53. The zero-order valence-electron chi connectivity index (χ0n) is 15.5. The minimum atomic E-state index is 0. The van der Waals surface area contributed by atoms with E-state index in [0.29, 0.717) is 11.8 Å². The lowest BCUT2D eigenvalue weighted by Crippen LogP contribution is -2.39. The summed E-state index contributed by atoms with van der Waals surface area (Å²) in [7, 11) is 2.21. The van der Waals surface area contributed by atoms with Crippen molar-refractivity contribution in [1.29, 1.82) is 0 Å². The highest BCUT2D eigenvalue weighted by atomic mass is 79.9. The Bertz CT molecular complexity index is 886. The molecule has 0 amide bonds. The molecule has 3 aromatic rings. The van der Waals surface area contributed by atoms with E-state index in [4.69, 9.17) is 4.74 Å². The summed E-state index contributed by atoms with van der Waals surface area (Å²) in [5.74, 6) is 2.04. The van der Waals surface area contributed by atoms with Gasteiger partial charge in [0.15, 0.2) is 0 Å². The summed E-state index contributed by atoms with van der Waals surface area (Å²) in [5.41, 5.74) is 1.44. The number of likely N-dealkylation sites (tertiary alicyclic amines) is 1. The molecule has 142 valence electrons. The molecule has 1 saturated heterocycles. The van der Waals surface area contributed by atoms with Crippen LogP contribution in [0.1, 0.15) is 17.9 Å². The molecule has 4 rings (SSSR count). The van der Waals surface area contributed by atoms with Gasteiger partial charge >= 0.3 is 0 Å². The number of piperidine rings is 1. The largest absolute Gasteiger partial charge is 0.493 e. The van der Waals surface area contributed by atoms with Crippen LogP contribution in [0.15, 0.2) is 71.2 Å². The van der Waals surface area contributed by atoms with Crippen molar-refractivity contribution < 1.29 is 4.74 Å². The first-order chi connectivity index (χ1) is 12.7. The highest BCUT2D eigenvalue weighted by molar-refractivity contribution is 9.10. The van der Waals surface area contributed by atoms with Crippen molar-refractivity contribution in [2.75, 3.05) is 26.7 Å². The van der Waals surface area contributed by atoms with Gasteiger partial charge in [-0.15, -0.1) is 12.4 Å². The predicted octanol–water partition coefficient (Wildman–Crippen LogP) is 6.14. The molecule has 0 unspecified atom stereocenters. The molecule has 0 aliphatic carbocycles. The summed E-state index contributed by atoms with van der Waals surface area (Å²) < 4.78 is 7.35. The monoisotopic (exact) mass is 445 g/mol. The Labute approximate surface area is 176 Å². The Balaban J connectivity index is 0.00000210. The van der Waals surface area contributed by atoms with Crippen LogP contribution < -0.4 is 4.74 Å². The quantitative estimate of drug-likeness (QED) is 0.477. The molecule has 0 N–H and O–H groups in total. The molecule has 1 fully saturated rings. The predicted molar refractivity (Wildman–Crippen MR) is 119 cm³/mol. The first-order valence-corrected chi connectivity index (χ1v) is 10.0. The van der Waals surface area contributed by atoms with Crippen LogP contribution in [0.25, 0.3) is 10.8 Å². The molecule has 0 spiro atoms. The highest BCUT2D eigenvalue weighted by Crippen LogP contribution is 2.33. The van der Waals surface area contributed by atoms with Gasteiger partial charge in [-0.2, -0.15) is 0 Å². The first kappa shape index (κ1) is 20.2. The number of ether oxygens (including phenoxy) is 1. The molecule has 27 heavy (non-hydrogen) atoms. The van der Waals surface area contributed by atoms with Crippen LogP contribution in [0.5, 0.6) is 5.75 Å². The molecule has 3 aromatic carbocycles. The lowest BCUT2D eigenvalue weighted by atomic mass is 9.81. The molecular weight excluding hydrogens is 422 g/mol. The van der Waals surface area contributed by atoms with Crippen LogP contribution in [0, 0.1) is 5.92 Å². The third kappa shape index (κ3) is 4.84. The van der Waals surface area contributed by atoms with E-state index in [-0.39, 0.29) is 12.4 Å². The summed E-state index contributed by atoms with van der Waals surface area (Å²) in [6, 6.07) is 23.6. The number of hydrogen-bond acceptors (Lipinski definition) is 2. The fourth-order valence-electron chi connectivity index (χ4n) is 4.01. The molecule has 1 heterocycles. The fraction of sp³-hybridized carbons (Fsp3) is 0.304. The zero-order chi connectivity index (χ0) is 17.9. The second-order valence-corrected chi connectivity index (χ2v) is 8.21. The van der Waals surface area contributed by atoms with Gasteiger partial charge in [0.05, 0.1) is 6.61 Å². The van der Waals surface area contributed by atoms with E-state index >= 15 is 0 Å². The van der Waals surface area contributed by atoms with Gasteiger partial charge in [-0.25, -0.2) is 0 Å². The van der Waals surface area contributed by atoms with E-state index in [1.165, 1.54) is 22.8 Å². The van der Waals surface area contributed by atoms with Crippen molar-refractivity contribution in [3.8, 4) is 5.75 Å². The van der Waals surface area contributed by atoms with Gasteiger partial charge in [0.2, 0.25) is 0 Å². The maximum Gasteiger partial charge on any atom is 0.119 e. The summed E-state index contributed by atoms with van der Waals surface area (Å²) in [6.07, 6.45) is 1.19. The Kier molecular flexibility index (Phi) is 6.80. The van der Waals surface area contributed by atoms with Gasteiger partial charge in [-0.3, -0.25) is 0 Å². The van der Waals surface area contributed by atoms with Crippen molar-refractivity contribution in [3.63, 3.8) is 0 Å². The number of fused-ring (bicyclic) bond motifs is 1. The minimum absolute atomic E-state index is 0. The van der Waals surface area contributed by atoms with Crippen molar-refractivity contribution in [3.05, 3.63) is 76.8 Å². The summed E-state index contributed by atoms with van der Waals surface area (Å²) in [5, 5.41) is 2.44. The molecule has 0 radical (unpaired) electrons. The SMILES string of the molecule is CN1CC[C@H](c2ccccc2)[C@@H](COc2ccc3cc(Br)ccc3c2)C1.Cl. The van der Waals surface area contributed by atoms with Gasteiger partial charge in [0.25, 0.3) is 0 Å². The lowest BCUT2D eigenvalue weighted by Gasteiger charge is -2.37. The average Bonchev–Trinajstić information content (AvgIpc) is 2.67. The van der Waals surface area contributed by atoms with Gasteiger partial charge in [-0.1, -0.05) is 58.4 Å². The molecule has 2 atom stereocenters. The van der Waals surface area contributed by atoms with E-state index in [1.807, 2.05) is 0 Å². The van der Waals surface area contributed by atoms with E-state index in [2.05, 4.69) is 94.6 Å². The van der Waals surface area contributed by atoms with Crippen LogP contribution in [-0.4, -0.2) is 31.6 Å². The molecule has 4 heteroatoms. The van der Waals surface area contributed by atoms with Crippen LogP contribution in [0.4, 0.5) is 0 Å². The number of benzene rings is 3. The normalized spacial score (nSPS) is 20.2. The van der Waals surface area contributed by atoms with E-state index < -0.39 is 0 Å². The maximum absolute atomic E-state index is 6.25. The molecule has 0 aromatic heterocycles. The van der Waals surface area contributed by atoms with Crippen molar-refractivity contribution in [2.24, 2.45) is 5.92 Å².